The van der Waals surface area contributed by atoms with E-state index in [-0.39, 0.29) is 11.4 Å². The Bertz CT molecular complexity index is 717. The van der Waals surface area contributed by atoms with Gasteiger partial charge in [0, 0.05) is 22.5 Å². The molecule has 0 saturated heterocycles. The van der Waals surface area contributed by atoms with Crippen LogP contribution in [0.5, 0.6) is 0 Å². The Morgan fingerprint density at radius 3 is 2.04 bits per heavy atom. The lowest BCUT2D eigenvalue weighted by molar-refractivity contribution is 0.254. The van der Waals surface area contributed by atoms with E-state index < -0.39 is 0 Å². The quantitative estimate of drug-likeness (QED) is 0.663. The van der Waals surface area contributed by atoms with Crippen molar-refractivity contribution in [3.8, 4) is 0 Å². The summed E-state index contributed by atoms with van der Waals surface area (Å²) in [7, 11) is 1.55. The number of hydrogen-bond acceptors (Lipinski definition) is 2. The number of nitrogens with one attached hydrogen (secondary N) is 2. The Balaban J connectivity index is 2.22. The maximum Gasteiger partial charge on any atom is 0.318 e. The fourth-order valence-electron chi connectivity index (χ4n) is 2.06. The van der Waals surface area contributed by atoms with E-state index in [0.717, 1.165) is 9.79 Å². The monoisotopic (exact) mass is 382 g/mol. The van der Waals surface area contributed by atoms with Gasteiger partial charge in [0.2, 0.25) is 0 Å². The zero-order valence-electron chi connectivity index (χ0n) is 14.0. The van der Waals surface area contributed by atoms with E-state index in [0.29, 0.717) is 15.7 Å². The summed E-state index contributed by atoms with van der Waals surface area (Å²) < 4.78 is 0. The molecule has 2 aromatic rings. The summed E-state index contributed by atoms with van der Waals surface area (Å²) in [5.41, 5.74) is 1.94. The van der Waals surface area contributed by atoms with Crippen LogP contribution >= 0.6 is 35.0 Å². The second kappa shape index (κ2) is 7.68. The zero-order chi connectivity index (χ0) is 17.9. The highest BCUT2D eigenvalue weighted by Gasteiger charge is 2.15. The van der Waals surface area contributed by atoms with Crippen LogP contribution in [0.1, 0.15) is 26.3 Å². The molecule has 2 rings (SSSR count). The molecular formula is C18H20Cl2N2OS. The minimum atomic E-state index is -0.319. The van der Waals surface area contributed by atoms with Crippen LogP contribution in [0.3, 0.4) is 0 Å². The van der Waals surface area contributed by atoms with Crippen LogP contribution in [-0.4, -0.2) is 13.1 Å². The van der Waals surface area contributed by atoms with Gasteiger partial charge in [-0.1, -0.05) is 67.9 Å². The van der Waals surface area contributed by atoms with Crippen LogP contribution in [0.15, 0.2) is 46.2 Å². The highest BCUT2D eigenvalue weighted by molar-refractivity contribution is 7.99. The molecule has 0 spiro atoms. The molecule has 0 radical (unpaired) electrons. The molecule has 0 aliphatic heterocycles. The van der Waals surface area contributed by atoms with Gasteiger partial charge in [-0.2, -0.15) is 0 Å². The number of rotatable bonds is 3. The first-order valence-corrected chi connectivity index (χ1v) is 9.04. The zero-order valence-corrected chi connectivity index (χ0v) is 16.4. The molecule has 6 heteroatoms. The first kappa shape index (κ1) is 19.0. The Hall–Kier alpha value is -1.36. The van der Waals surface area contributed by atoms with Crippen LogP contribution in [0.4, 0.5) is 10.5 Å². The number of benzene rings is 2. The molecule has 0 aromatic heterocycles. The average molecular weight is 383 g/mol. The minimum absolute atomic E-state index is 0.117. The molecule has 0 saturated carbocycles. The second-order valence-electron chi connectivity index (χ2n) is 6.35. The molecule has 0 heterocycles. The van der Waals surface area contributed by atoms with Gasteiger partial charge in [0.15, 0.2) is 0 Å². The van der Waals surface area contributed by atoms with Crippen LogP contribution in [0.2, 0.25) is 10.0 Å². The second-order valence-corrected chi connectivity index (χ2v) is 8.25. The summed E-state index contributed by atoms with van der Waals surface area (Å²) in [5.74, 6) is 0. The van der Waals surface area contributed by atoms with Crippen molar-refractivity contribution in [2.75, 3.05) is 12.4 Å². The molecule has 0 bridgehead atoms. The largest absolute Gasteiger partial charge is 0.341 e. The van der Waals surface area contributed by atoms with Gasteiger partial charge in [0.1, 0.15) is 0 Å². The number of amides is 2. The lowest BCUT2D eigenvalue weighted by atomic mass is 9.87. The van der Waals surface area contributed by atoms with Crippen molar-refractivity contribution < 1.29 is 4.79 Å². The third-order valence-electron chi connectivity index (χ3n) is 3.42. The Morgan fingerprint density at radius 2 is 1.58 bits per heavy atom. The normalized spacial score (nSPS) is 11.2. The smallest absolute Gasteiger partial charge is 0.318 e. The first-order valence-electron chi connectivity index (χ1n) is 7.47. The van der Waals surface area contributed by atoms with Crippen LogP contribution < -0.4 is 10.6 Å². The van der Waals surface area contributed by atoms with Crippen molar-refractivity contribution in [2.24, 2.45) is 0 Å². The SMILES string of the molecule is CNC(=O)Nc1cc(Cl)c(Sc2ccc(C(C)(C)C)cc2)c(Cl)c1. The molecule has 0 unspecified atom stereocenters. The summed E-state index contributed by atoms with van der Waals surface area (Å²) >= 11 is 14.2. The molecule has 2 amide bonds. The van der Waals surface area contributed by atoms with E-state index in [1.807, 2.05) is 0 Å². The first-order chi connectivity index (χ1) is 11.2. The van der Waals surface area contributed by atoms with Crippen LogP contribution in [0, 0.1) is 0 Å². The van der Waals surface area contributed by atoms with Gasteiger partial charge in [0.05, 0.1) is 10.0 Å². The molecule has 128 valence electrons. The number of anilines is 1. The molecule has 2 aromatic carbocycles. The van der Waals surface area contributed by atoms with Crippen molar-refractivity contribution in [1.29, 1.82) is 0 Å². The lowest BCUT2D eigenvalue weighted by Gasteiger charge is -2.19. The van der Waals surface area contributed by atoms with E-state index in [4.69, 9.17) is 23.2 Å². The Labute approximate surface area is 157 Å². The van der Waals surface area contributed by atoms with Crippen LogP contribution in [0.25, 0.3) is 0 Å². The van der Waals surface area contributed by atoms with Gasteiger partial charge >= 0.3 is 6.03 Å². The maximum atomic E-state index is 11.4. The lowest BCUT2D eigenvalue weighted by Crippen LogP contribution is -2.24. The van der Waals surface area contributed by atoms with Gasteiger partial charge in [-0.25, -0.2) is 4.79 Å². The predicted molar refractivity (Wildman–Crippen MR) is 104 cm³/mol. The fourth-order valence-corrected chi connectivity index (χ4v) is 3.60. The molecule has 0 aliphatic rings. The van der Waals surface area contributed by atoms with Crippen molar-refractivity contribution in [1.82, 2.24) is 5.32 Å². The topological polar surface area (TPSA) is 41.1 Å². The van der Waals surface area contributed by atoms with Crippen LogP contribution in [-0.2, 0) is 5.41 Å². The summed E-state index contributed by atoms with van der Waals surface area (Å²) in [4.78, 5) is 13.2. The third kappa shape index (κ3) is 4.82. The van der Waals surface area contributed by atoms with Gasteiger partial charge < -0.3 is 10.6 Å². The number of carbonyl (C=O) groups is 1. The average Bonchev–Trinajstić information content (AvgIpc) is 2.50. The van der Waals surface area contributed by atoms with Gasteiger partial charge in [0.25, 0.3) is 0 Å². The third-order valence-corrected chi connectivity index (χ3v) is 5.40. The van der Waals surface area contributed by atoms with E-state index >= 15 is 0 Å². The van der Waals surface area contributed by atoms with E-state index in [1.165, 1.54) is 17.3 Å². The molecular weight excluding hydrogens is 363 g/mol. The summed E-state index contributed by atoms with van der Waals surface area (Å²) in [5, 5.41) is 6.14. The summed E-state index contributed by atoms with van der Waals surface area (Å²) in [6.07, 6.45) is 0. The Morgan fingerprint density at radius 1 is 1.04 bits per heavy atom. The van der Waals surface area contributed by atoms with Crippen molar-refractivity contribution in [3.63, 3.8) is 0 Å². The minimum Gasteiger partial charge on any atom is -0.341 e. The number of carbonyl (C=O) groups excluding carboxylic acids is 1. The molecule has 24 heavy (non-hydrogen) atoms. The number of halogens is 2. The predicted octanol–water partition coefficient (Wildman–Crippen LogP) is 6.19. The summed E-state index contributed by atoms with van der Waals surface area (Å²) in [6.45, 7) is 6.54. The fraction of sp³-hybridized carbons (Fsp3) is 0.278. The van der Waals surface area contributed by atoms with Gasteiger partial charge in [-0.15, -0.1) is 0 Å². The molecule has 2 N–H and O–H groups in total. The maximum absolute atomic E-state index is 11.4. The molecule has 0 aliphatic carbocycles. The molecule has 0 atom stereocenters. The van der Waals surface area contributed by atoms with E-state index in [1.54, 1.807) is 19.2 Å². The summed E-state index contributed by atoms with van der Waals surface area (Å²) in [6, 6.07) is 11.4. The van der Waals surface area contributed by atoms with E-state index in [9.17, 15) is 4.79 Å². The standard InChI is InChI=1S/C18H20Cl2N2OS/c1-18(2,3)11-5-7-13(8-6-11)24-16-14(19)9-12(10-15(16)20)22-17(23)21-4/h5-10H,1-4H3,(H2,21,22,23). The van der Waals surface area contributed by atoms with Crippen molar-refractivity contribution >= 4 is 46.7 Å². The van der Waals surface area contributed by atoms with Crippen molar-refractivity contribution in [3.05, 3.63) is 52.0 Å². The van der Waals surface area contributed by atoms with Gasteiger partial charge in [-0.05, 0) is 35.2 Å². The number of hydrogen-bond donors (Lipinski definition) is 2. The van der Waals surface area contributed by atoms with Gasteiger partial charge in [-0.3, -0.25) is 0 Å². The van der Waals surface area contributed by atoms with Crippen molar-refractivity contribution in [2.45, 2.75) is 36.0 Å². The highest BCUT2D eigenvalue weighted by Crippen LogP contribution is 2.40. The highest BCUT2D eigenvalue weighted by atomic mass is 35.5. The number of urea groups is 1. The molecule has 0 fully saturated rings. The van der Waals surface area contributed by atoms with E-state index in [2.05, 4.69) is 55.7 Å². The Kier molecular flexibility index (Phi) is 6.07. The molecule has 3 nitrogen and oxygen atoms in total.